The minimum absolute atomic E-state index is 0.454. The van der Waals surface area contributed by atoms with E-state index in [0.29, 0.717) is 18.2 Å². The molecule has 14 heavy (non-hydrogen) atoms. The van der Waals surface area contributed by atoms with Crippen molar-refractivity contribution in [1.29, 1.82) is 0 Å². The van der Waals surface area contributed by atoms with Crippen LogP contribution in [0.4, 0.5) is 0 Å². The Morgan fingerprint density at radius 1 is 1.50 bits per heavy atom. The van der Waals surface area contributed by atoms with E-state index in [1.807, 2.05) is 24.5 Å². The molecule has 0 unspecified atom stereocenters. The van der Waals surface area contributed by atoms with Crippen molar-refractivity contribution in [2.75, 3.05) is 18.6 Å². The van der Waals surface area contributed by atoms with Crippen LogP contribution in [0.5, 0.6) is 5.75 Å². The molecule has 1 rings (SSSR count). The van der Waals surface area contributed by atoms with Crippen molar-refractivity contribution >= 4 is 23.4 Å². The highest BCUT2D eigenvalue weighted by Crippen LogP contribution is 2.28. The molecule has 4 heteroatoms. The molecular weight excluding hydrogens is 218 g/mol. The summed E-state index contributed by atoms with van der Waals surface area (Å²) in [6.07, 6.45) is 2.04. The molecule has 0 aliphatic rings. The first-order valence-corrected chi connectivity index (χ1v) is 6.16. The smallest absolute Gasteiger partial charge is 0.142 e. The molecule has 0 bridgehead atoms. The lowest BCUT2D eigenvalue weighted by molar-refractivity contribution is 0.340. The van der Waals surface area contributed by atoms with Gasteiger partial charge < -0.3 is 10.5 Å². The molecule has 78 valence electrons. The standard InChI is InChI=1S/C10H14ClNOS/c1-14-6-5-13-10-8(7-12)3-2-4-9(10)11/h2-4H,5-7,12H2,1H3. The highest BCUT2D eigenvalue weighted by atomic mass is 35.5. The van der Waals surface area contributed by atoms with Gasteiger partial charge in [0.1, 0.15) is 5.75 Å². The van der Waals surface area contributed by atoms with Crippen LogP contribution >= 0.6 is 23.4 Å². The number of halogens is 1. The number of nitrogens with two attached hydrogens (primary N) is 1. The van der Waals surface area contributed by atoms with Crippen LogP contribution in [0.3, 0.4) is 0 Å². The molecule has 0 spiro atoms. The SMILES string of the molecule is CSCCOc1c(Cl)cccc1CN. The van der Waals surface area contributed by atoms with Gasteiger partial charge in [0.05, 0.1) is 11.6 Å². The number of para-hydroxylation sites is 1. The first-order chi connectivity index (χ1) is 6.79. The molecule has 0 atom stereocenters. The minimum Gasteiger partial charge on any atom is -0.491 e. The molecule has 1 aromatic carbocycles. The molecule has 0 saturated heterocycles. The Kier molecular flexibility index (Phi) is 5.15. The van der Waals surface area contributed by atoms with Crippen LogP contribution in [0.1, 0.15) is 5.56 Å². The van der Waals surface area contributed by atoms with Gasteiger partial charge in [-0.05, 0) is 12.3 Å². The van der Waals surface area contributed by atoms with E-state index in [0.717, 1.165) is 17.1 Å². The van der Waals surface area contributed by atoms with Crippen molar-refractivity contribution < 1.29 is 4.74 Å². The zero-order valence-electron chi connectivity index (χ0n) is 8.13. The second kappa shape index (κ2) is 6.17. The fourth-order valence-electron chi connectivity index (χ4n) is 1.10. The predicted molar refractivity (Wildman–Crippen MR) is 63.2 cm³/mol. The number of thioether (sulfide) groups is 1. The van der Waals surface area contributed by atoms with Gasteiger partial charge in [-0.25, -0.2) is 0 Å². The molecule has 0 saturated carbocycles. The number of rotatable bonds is 5. The highest BCUT2D eigenvalue weighted by molar-refractivity contribution is 7.98. The van der Waals surface area contributed by atoms with Crippen molar-refractivity contribution in [3.8, 4) is 5.75 Å². The van der Waals surface area contributed by atoms with Gasteiger partial charge in [-0.3, -0.25) is 0 Å². The van der Waals surface area contributed by atoms with Crippen LogP contribution in [-0.4, -0.2) is 18.6 Å². The summed E-state index contributed by atoms with van der Waals surface area (Å²) < 4.78 is 5.57. The summed E-state index contributed by atoms with van der Waals surface area (Å²) >= 11 is 7.74. The summed E-state index contributed by atoms with van der Waals surface area (Å²) in [4.78, 5) is 0. The van der Waals surface area contributed by atoms with E-state index >= 15 is 0 Å². The summed E-state index contributed by atoms with van der Waals surface area (Å²) in [7, 11) is 0. The fourth-order valence-corrected chi connectivity index (χ4v) is 1.60. The van der Waals surface area contributed by atoms with Crippen LogP contribution in [0, 0.1) is 0 Å². The highest BCUT2D eigenvalue weighted by Gasteiger charge is 2.06. The van der Waals surface area contributed by atoms with Crippen molar-refractivity contribution in [3.05, 3.63) is 28.8 Å². The Bertz CT molecular complexity index is 293. The maximum atomic E-state index is 6.00. The van der Waals surface area contributed by atoms with E-state index < -0.39 is 0 Å². The third kappa shape index (κ3) is 3.08. The molecule has 0 aromatic heterocycles. The predicted octanol–water partition coefficient (Wildman–Crippen LogP) is 2.54. The average Bonchev–Trinajstić information content (AvgIpc) is 2.20. The zero-order chi connectivity index (χ0) is 10.4. The first-order valence-electron chi connectivity index (χ1n) is 4.38. The molecule has 0 fully saturated rings. The molecule has 1 aromatic rings. The lowest BCUT2D eigenvalue weighted by Crippen LogP contribution is -2.05. The lowest BCUT2D eigenvalue weighted by atomic mass is 10.2. The Morgan fingerprint density at radius 2 is 2.29 bits per heavy atom. The first kappa shape index (κ1) is 11.7. The summed E-state index contributed by atoms with van der Waals surface area (Å²) in [6, 6.07) is 5.63. The maximum absolute atomic E-state index is 6.00. The topological polar surface area (TPSA) is 35.2 Å². The maximum Gasteiger partial charge on any atom is 0.142 e. The normalized spacial score (nSPS) is 10.2. The third-order valence-corrected chi connectivity index (χ3v) is 2.67. The van der Waals surface area contributed by atoms with Crippen molar-refractivity contribution in [2.24, 2.45) is 5.73 Å². The molecule has 0 radical (unpaired) electrons. The van der Waals surface area contributed by atoms with Gasteiger partial charge in [0.15, 0.2) is 0 Å². The average molecular weight is 232 g/mol. The summed E-state index contributed by atoms with van der Waals surface area (Å²) in [5, 5.41) is 0.633. The van der Waals surface area contributed by atoms with E-state index in [4.69, 9.17) is 22.1 Å². The van der Waals surface area contributed by atoms with E-state index in [9.17, 15) is 0 Å². The summed E-state index contributed by atoms with van der Waals surface area (Å²) in [6.45, 7) is 1.12. The van der Waals surface area contributed by atoms with Gasteiger partial charge in [-0.15, -0.1) is 0 Å². The Morgan fingerprint density at radius 3 is 2.93 bits per heavy atom. The van der Waals surface area contributed by atoms with Crippen LogP contribution in [0.2, 0.25) is 5.02 Å². The largest absolute Gasteiger partial charge is 0.491 e. The van der Waals surface area contributed by atoms with Gasteiger partial charge in [-0.2, -0.15) is 11.8 Å². The second-order valence-electron chi connectivity index (χ2n) is 2.77. The Labute approximate surface area is 93.8 Å². The molecule has 2 N–H and O–H groups in total. The monoisotopic (exact) mass is 231 g/mol. The quantitative estimate of drug-likeness (QED) is 0.792. The molecule has 0 amide bonds. The Balaban J connectivity index is 2.72. The van der Waals surface area contributed by atoms with Crippen LogP contribution < -0.4 is 10.5 Å². The van der Waals surface area contributed by atoms with Gasteiger partial charge in [-0.1, -0.05) is 23.7 Å². The van der Waals surface area contributed by atoms with E-state index in [2.05, 4.69) is 0 Å². The van der Waals surface area contributed by atoms with Gasteiger partial charge in [0.2, 0.25) is 0 Å². The Hall–Kier alpha value is -0.380. The van der Waals surface area contributed by atoms with E-state index in [-0.39, 0.29) is 0 Å². The molecule has 0 aliphatic carbocycles. The molecular formula is C10H14ClNOS. The van der Waals surface area contributed by atoms with Gasteiger partial charge in [0.25, 0.3) is 0 Å². The molecule has 0 aliphatic heterocycles. The van der Waals surface area contributed by atoms with Gasteiger partial charge >= 0.3 is 0 Å². The van der Waals surface area contributed by atoms with Crippen molar-refractivity contribution in [2.45, 2.75) is 6.54 Å². The van der Waals surface area contributed by atoms with Crippen molar-refractivity contribution in [3.63, 3.8) is 0 Å². The van der Waals surface area contributed by atoms with Crippen molar-refractivity contribution in [1.82, 2.24) is 0 Å². The lowest BCUT2D eigenvalue weighted by Gasteiger charge is -2.11. The summed E-state index contributed by atoms with van der Waals surface area (Å²) in [5.74, 6) is 1.68. The zero-order valence-corrected chi connectivity index (χ0v) is 9.70. The van der Waals surface area contributed by atoms with E-state index in [1.54, 1.807) is 11.8 Å². The molecule has 0 heterocycles. The molecule has 2 nitrogen and oxygen atoms in total. The number of benzene rings is 1. The van der Waals surface area contributed by atoms with Crippen LogP contribution in [0.15, 0.2) is 18.2 Å². The second-order valence-corrected chi connectivity index (χ2v) is 4.17. The fraction of sp³-hybridized carbons (Fsp3) is 0.400. The van der Waals surface area contributed by atoms with Crippen LogP contribution in [-0.2, 0) is 6.54 Å². The minimum atomic E-state index is 0.454. The number of ether oxygens (including phenoxy) is 1. The van der Waals surface area contributed by atoms with Gasteiger partial charge in [0, 0.05) is 17.9 Å². The number of hydrogen-bond acceptors (Lipinski definition) is 3. The third-order valence-electron chi connectivity index (χ3n) is 1.80. The van der Waals surface area contributed by atoms with Crippen LogP contribution in [0.25, 0.3) is 0 Å². The summed E-state index contributed by atoms with van der Waals surface area (Å²) in [5.41, 5.74) is 6.54. The number of hydrogen-bond donors (Lipinski definition) is 1. The van der Waals surface area contributed by atoms with E-state index in [1.165, 1.54) is 0 Å².